The van der Waals surface area contributed by atoms with Crippen LogP contribution in [0.4, 0.5) is 0 Å². The van der Waals surface area contributed by atoms with Gasteiger partial charge in [0.15, 0.2) is 0 Å². The maximum Gasteiger partial charge on any atom is 0.246 e. The van der Waals surface area contributed by atoms with Crippen LogP contribution in [0.2, 0.25) is 0 Å². The summed E-state index contributed by atoms with van der Waals surface area (Å²) in [6.07, 6.45) is 0.445. The van der Waals surface area contributed by atoms with E-state index in [9.17, 15) is 4.79 Å². The predicted molar refractivity (Wildman–Crippen MR) is 60.2 cm³/mol. The lowest BCUT2D eigenvalue weighted by Crippen LogP contribution is -2.29. The van der Waals surface area contributed by atoms with Gasteiger partial charge in [-0.15, -0.1) is 0 Å². The van der Waals surface area contributed by atoms with Crippen molar-refractivity contribution in [1.82, 2.24) is 5.48 Å². The Balaban J connectivity index is 2.23. The third kappa shape index (κ3) is 4.42. The average Bonchev–Trinajstić information content (AvgIpc) is 2.30. The van der Waals surface area contributed by atoms with Crippen LogP contribution < -0.4 is 5.48 Å². The van der Waals surface area contributed by atoms with Gasteiger partial charge in [0.25, 0.3) is 0 Å². The fourth-order valence-corrected chi connectivity index (χ4v) is 1.19. The van der Waals surface area contributed by atoms with Crippen molar-refractivity contribution in [2.45, 2.75) is 20.0 Å². The van der Waals surface area contributed by atoms with Gasteiger partial charge in [-0.1, -0.05) is 37.3 Å². The molecule has 0 aliphatic heterocycles. The van der Waals surface area contributed by atoms with Crippen LogP contribution >= 0.6 is 0 Å². The van der Waals surface area contributed by atoms with Crippen molar-refractivity contribution in [3.8, 4) is 0 Å². The minimum Gasteiger partial charge on any atom is -0.396 e. The van der Waals surface area contributed by atoms with Gasteiger partial charge in [-0.05, 0) is 12.0 Å². The van der Waals surface area contributed by atoms with E-state index in [0.29, 0.717) is 13.0 Å². The summed E-state index contributed by atoms with van der Waals surface area (Å²) in [5, 5.41) is 8.67. The van der Waals surface area contributed by atoms with Crippen LogP contribution in [0.1, 0.15) is 18.9 Å². The van der Waals surface area contributed by atoms with Crippen molar-refractivity contribution in [3.05, 3.63) is 35.9 Å². The minimum absolute atomic E-state index is 0.00721. The maximum atomic E-state index is 11.4. The van der Waals surface area contributed by atoms with Crippen molar-refractivity contribution in [2.24, 2.45) is 5.92 Å². The number of aliphatic hydroxyl groups is 1. The first-order chi connectivity index (χ1) is 7.74. The van der Waals surface area contributed by atoms with E-state index in [1.54, 1.807) is 6.92 Å². The molecule has 1 unspecified atom stereocenters. The summed E-state index contributed by atoms with van der Waals surface area (Å²) >= 11 is 0. The fourth-order valence-electron chi connectivity index (χ4n) is 1.19. The van der Waals surface area contributed by atoms with Crippen LogP contribution in [-0.4, -0.2) is 17.6 Å². The van der Waals surface area contributed by atoms with Gasteiger partial charge in [0.05, 0.1) is 6.61 Å². The number of carbonyl (C=O) groups is 1. The number of hydrogen-bond acceptors (Lipinski definition) is 3. The Labute approximate surface area is 95.2 Å². The van der Waals surface area contributed by atoms with Crippen molar-refractivity contribution >= 4 is 5.91 Å². The Morgan fingerprint density at radius 3 is 2.75 bits per heavy atom. The standard InChI is InChI=1S/C12H17NO3/c1-10(7-8-14)12(15)13-16-9-11-5-3-2-4-6-11/h2-6,10,14H,7-9H2,1H3,(H,13,15). The molecule has 0 fully saturated rings. The Hall–Kier alpha value is -1.39. The molecule has 0 saturated heterocycles. The summed E-state index contributed by atoms with van der Waals surface area (Å²) in [6, 6.07) is 9.59. The van der Waals surface area contributed by atoms with Crippen LogP contribution in [-0.2, 0) is 16.2 Å². The molecule has 2 N–H and O–H groups in total. The first-order valence-electron chi connectivity index (χ1n) is 5.30. The molecule has 0 aliphatic rings. The van der Waals surface area contributed by atoms with Crippen LogP contribution in [0, 0.1) is 5.92 Å². The van der Waals surface area contributed by atoms with E-state index in [-0.39, 0.29) is 18.4 Å². The van der Waals surface area contributed by atoms with Crippen LogP contribution in [0.3, 0.4) is 0 Å². The van der Waals surface area contributed by atoms with E-state index in [2.05, 4.69) is 5.48 Å². The molecule has 1 aromatic carbocycles. The summed E-state index contributed by atoms with van der Waals surface area (Å²) in [6.45, 7) is 2.10. The Morgan fingerprint density at radius 1 is 1.44 bits per heavy atom. The third-order valence-corrected chi connectivity index (χ3v) is 2.26. The van der Waals surface area contributed by atoms with E-state index >= 15 is 0 Å². The van der Waals surface area contributed by atoms with E-state index < -0.39 is 0 Å². The number of benzene rings is 1. The quantitative estimate of drug-likeness (QED) is 0.714. The molecule has 0 bridgehead atoms. The monoisotopic (exact) mass is 223 g/mol. The lowest BCUT2D eigenvalue weighted by Gasteiger charge is -2.10. The topological polar surface area (TPSA) is 58.6 Å². The molecule has 0 aliphatic carbocycles. The molecular weight excluding hydrogens is 206 g/mol. The second-order valence-electron chi connectivity index (χ2n) is 3.65. The van der Waals surface area contributed by atoms with Gasteiger partial charge in [0, 0.05) is 12.5 Å². The zero-order chi connectivity index (χ0) is 11.8. The molecule has 0 heterocycles. The second-order valence-corrected chi connectivity index (χ2v) is 3.65. The summed E-state index contributed by atoms with van der Waals surface area (Å²) in [5.41, 5.74) is 3.36. The Morgan fingerprint density at radius 2 is 2.12 bits per heavy atom. The number of nitrogens with one attached hydrogen (secondary N) is 1. The highest BCUT2D eigenvalue weighted by Gasteiger charge is 2.11. The van der Waals surface area contributed by atoms with Gasteiger partial charge in [0.1, 0.15) is 0 Å². The molecule has 0 spiro atoms. The molecule has 1 atom stereocenters. The van der Waals surface area contributed by atoms with Gasteiger partial charge in [0.2, 0.25) is 5.91 Å². The molecule has 16 heavy (non-hydrogen) atoms. The van der Waals surface area contributed by atoms with E-state index in [0.717, 1.165) is 5.56 Å². The lowest BCUT2D eigenvalue weighted by atomic mass is 10.1. The van der Waals surface area contributed by atoms with Gasteiger partial charge < -0.3 is 5.11 Å². The van der Waals surface area contributed by atoms with Crippen molar-refractivity contribution < 1.29 is 14.7 Å². The third-order valence-electron chi connectivity index (χ3n) is 2.26. The predicted octanol–water partition coefficient (Wildman–Crippen LogP) is 1.25. The van der Waals surface area contributed by atoms with Crippen LogP contribution in [0.15, 0.2) is 30.3 Å². The Kier molecular flexibility index (Phi) is 5.53. The molecule has 88 valence electrons. The normalized spacial score (nSPS) is 12.1. The zero-order valence-corrected chi connectivity index (χ0v) is 9.35. The minimum atomic E-state index is -0.235. The number of carbonyl (C=O) groups excluding carboxylic acids is 1. The smallest absolute Gasteiger partial charge is 0.246 e. The molecule has 1 rings (SSSR count). The van der Waals surface area contributed by atoms with Crippen LogP contribution in [0.5, 0.6) is 0 Å². The summed E-state index contributed by atoms with van der Waals surface area (Å²) in [5.74, 6) is -0.439. The van der Waals surface area contributed by atoms with Gasteiger partial charge >= 0.3 is 0 Å². The lowest BCUT2D eigenvalue weighted by molar-refractivity contribution is -0.138. The van der Waals surface area contributed by atoms with Gasteiger partial charge in [-0.25, -0.2) is 5.48 Å². The van der Waals surface area contributed by atoms with Gasteiger partial charge in [-0.3, -0.25) is 9.63 Å². The number of rotatable bonds is 6. The van der Waals surface area contributed by atoms with E-state index in [4.69, 9.17) is 9.94 Å². The largest absolute Gasteiger partial charge is 0.396 e. The molecule has 4 nitrogen and oxygen atoms in total. The highest BCUT2D eigenvalue weighted by atomic mass is 16.6. The summed E-state index contributed by atoms with van der Waals surface area (Å²) < 4.78 is 0. The number of aliphatic hydroxyl groups excluding tert-OH is 1. The highest BCUT2D eigenvalue weighted by molar-refractivity contribution is 5.77. The van der Waals surface area contributed by atoms with E-state index in [1.807, 2.05) is 30.3 Å². The number of hydrogen-bond donors (Lipinski definition) is 2. The molecule has 1 aromatic rings. The van der Waals surface area contributed by atoms with Crippen molar-refractivity contribution in [1.29, 1.82) is 0 Å². The molecule has 1 amide bonds. The van der Waals surface area contributed by atoms with Gasteiger partial charge in [-0.2, -0.15) is 0 Å². The van der Waals surface area contributed by atoms with Crippen molar-refractivity contribution in [3.63, 3.8) is 0 Å². The number of hydroxylamine groups is 1. The molecule has 0 aromatic heterocycles. The zero-order valence-electron chi connectivity index (χ0n) is 9.35. The van der Waals surface area contributed by atoms with Crippen LogP contribution in [0.25, 0.3) is 0 Å². The average molecular weight is 223 g/mol. The second kappa shape index (κ2) is 6.98. The summed E-state index contributed by atoms with van der Waals surface area (Å²) in [4.78, 5) is 16.4. The molecule has 0 radical (unpaired) electrons. The first-order valence-corrected chi connectivity index (χ1v) is 5.30. The first kappa shape index (κ1) is 12.7. The molecule has 4 heteroatoms. The SMILES string of the molecule is CC(CCO)C(=O)NOCc1ccccc1. The highest BCUT2D eigenvalue weighted by Crippen LogP contribution is 2.02. The molecular formula is C12H17NO3. The maximum absolute atomic E-state index is 11.4. The Bertz CT molecular complexity index is 313. The molecule has 0 saturated carbocycles. The fraction of sp³-hybridized carbons (Fsp3) is 0.417. The number of amides is 1. The van der Waals surface area contributed by atoms with E-state index in [1.165, 1.54) is 0 Å². The van der Waals surface area contributed by atoms with Crippen molar-refractivity contribution in [2.75, 3.05) is 6.61 Å². The summed E-state index contributed by atoms with van der Waals surface area (Å²) in [7, 11) is 0.